The zero-order chi connectivity index (χ0) is 17.1. The molecule has 2 aromatic rings. The van der Waals surface area contributed by atoms with Crippen LogP contribution in [0.15, 0.2) is 18.5 Å². The van der Waals surface area contributed by atoms with Gasteiger partial charge in [0.05, 0.1) is 6.61 Å². The summed E-state index contributed by atoms with van der Waals surface area (Å²) in [5, 5.41) is 20.9. The van der Waals surface area contributed by atoms with Gasteiger partial charge >= 0.3 is 6.03 Å². The molecule has 1 aliphatic heterocycles. The number of pyridine rings is 1. The maximum absolute atomic E-state index is 12.6. The largest absolute Gasteiger partial charge is 0.389 e. The fourth-order valence-corrected chi connectivity index (χ4v) is 3.09. The van der Waals surface area contributed by atoms with Gasteiger partial charge in [0.15, 0.2) is 0 Å². The number of nitrogens with zero attached hydrogens (tertiary/aromatic N) is 4. The summed E-state index contributed by atoms with van der Waals surface area (Å²) >= 11 is 1.34. The van der Waals surface area contributed by atoms with E-state index in [1.165, 1.54) is 23.6 Å². The number of urea groups is 1. The van der Waals surface area contributed by atoms with Crippen molar-refractivity contribution in [1.82, 2.24) is 25.4 Å². The Bertz CT molecular complexity index is 721. The van der Waals surface area contributed by atoms with E-state index in [0.29, 0.717) is 23.7 Å². The maximum atomic E-state index is 12.6. The Balaban J connectivity index is 1.48. The van der Waals surface area contributed by atoms with Crippen LogP contribution in [0.4, 0.5) is 13.6 Å². The number of halogens is 2. The molecule has 0 radical (unpaired) electrons. The molecule has 0 aromatic carbocycles. The lowest BCUT2D eigenvalue weighted by molar-refractivity contribution is 0.150. The average Bonchev–Trinajstić information content (AvgIpc) is 3.00. The second kappa shape index (κ2) is 7.14. The molecule has 2 aromatic heterocycles. The first-order chi connectivity index (χ1) is 11.6. The predicted octanol–water partition coefficient (Wildman–Crippen LogP) is 1.67. The number of aliphatic hydroxyl groups excluding tert-OH is 1. The predicted molar refractivity (Wildman–Crippen MR) is 81.6 cm³/mol. The van der Waals surface area contributed by atoms with Crippen LogP contribution in [-0.2, 0) is 13.2 Å². The molecule has 1 saturated heterocycles. The molecule has 2 N–H and O–H groups in total. The second-order valence-corrected chi connectivity index (χ2v) is 6.47. The number of aromatic nitrogens is 3. The number of alkyl halides is 2. The lowest BCUT2D eigenvalue weighted by Gasteiger charge is -2.37. The quantitative estimate of drug-likeness (QED) is 0.851. The van der Waals surface area contributed by atoms with Gasteiger partial charge in [0, 0.05) is 43.5 Å². The van der Waals surface area contributed by atoms with Crippen molar-refractivity contribution in [2.24, 2.45) is 0 Å². The van der Waals surface area contributed by atoms with Gasteiger partial charge in [-0.3, -0.25) is 4.98 Å². The van der Waals surface area contributed by atoms with E-state index in [0.717, 1.165) is 11.2 Å². The van der Waals surface area contributed by atoms with Crippen LogP contribution in [0.25, 0.3) is 0 Å². The lowest BCUT2D eigenvalue weighted by atomic mass is 10.0. The molecule has 0 unspecified atom stereocenters. The van der Waals surface area contributed by atoms with Crippen LogP contribution < -0.4 is 5.32 Å². The molecule has 1 aliphatic rings. The molecule has 3 rings (SSSR count). The third-order valence-corrected chi connectivity index (χ3v) is 4.72. The number of nitrogens with one attached hydrogen (secondary N) is 1. The molecular weight excluding hydrogens is 340 g/mol. The maximum Gasteiger partial charge on any atom is 0.317 e. The number of amides is 2. The van der Waals surface area contributed by atoms with Gasteiger partial charge in [0.25, 0.3) is 6.43 Å². The fourth-order valence-electron chi connectivity index (χ4n) is 2.31. The third kappa shape index (κ3) is 3.65. The van der Waals surface area contributed by atoms with Gasteiger partial charge in [-0.2, -0.15) is 0 Å². The van der Waals surface area contributed by atoms with Crippen molar-refractivity contribution in [3.63, 3.8) is 0 Å². The zero-order valence-corrected chi connectivity index (χ0v) is 13.3. The average molecular weight is 355 g/mol. The molecular formula is C14H15F2N5O2S. The van der Waals surface area contributed by atoms with E-state index in [9.17, 15) is 13.6 Å². The molecule has 0 aliphatic carbocycles. The van der Waals surface area contributed by atoms with Crippen LogP contribution in [-0.4, -0.2) is 44.3 Å². The SMILES string of the molecule is O=C(NCc1cncc(C(F)F)c1)N1CC(c2nnc(CO)s2)C1. The number of hydrogen-bond donors (Lipinski definition) is 2. The van der Waals surface area contributed by atoms with Crippen molar-refractivity contribution >= 4 is 17.4 Å². The number of likely N-dealkylation sites (tertiary alicyclic amines) is 1. The highest BCUT2D eigenvalue weighted by molar-refractivity contribution is 7.11. The van der Waals surface area contributed by atoms with Crippen LogP contribution >= 0.6 is 11.3 Å². The first-order valence-corrected chi connectivity index (χ1v) is 8.06. The summed E-state index contributed by atoms with van der Waals surface area (Å²) in [6.45, 7) is 1.03. The zero-order valence-electron chi connectivity index (χ0n) is 12.5. The number of carbonyl (C=O) groups is 1. The Morgan fingerprint density at radius 3 is 2.88 bits per heavy atom. The Hall–Kier alpha value is -2.20. The van der Waals surface area contributed by atoms with Crippen LogP contribution in [0.5, 0.6) is 0 Å². The van der Waals surface area contributed by atoms with E-state index in [-0.39, 0.29) is 30.7 Å². The lowest BCUT2D eigenvalue weighted by Crippen LogP contribution is -2.52. The summed E-state index contributed by atoms with van der Waals surface area (Å²) in [5.41, 5.74) is 0.358. The minimum Gasteiger partial charge on any atom is -0.389 e. The molecule has 0 spiro atoms. The van der Waals surface area contributed by atoms with Gasteiger partial charge in [-0.25, -0.2) is 13.6 Å². The molecule has 7 nitrogen and oxygen atoms in total. The monoisotopic (exact) mass is 355 g/mol. The molecule has 2 amide bonds. The second-order valence-electron chi connectivity index (χ2n) is 5.38. The number of hydrogen-bond acceptors (Lipinski definition) is 6. The van der Waals surface area contributed by atoms with E-state index >= 15 is 0 Å². The van der Waals surface area contributed by atoms with Crippen molar-refractivity contribution in [2.45, 2.75) is 25.5 Å². The fraction of sp³-hybridized carbons (Fsp3) is 0.429. The Kier molecular flexibility index (Phi) is 4.95. The van der Waals surface area contributed by atoms with Gasteiger partial charge in [-0.1, -0.05) is 11.3 Å². The van der Waals surface area contributed by atoms with Crippen molar-refractivity contribution in [2.75, 3.05) is 13.1 Å². The Morgan fingerprint density at radius 2 is 2.21 bits per heavy atom. The van der Waals surface area contributed by atoms with E-state index in [4.69, 9.17) is 5.11 Å². The molecule has 3 heterocycles. The van der Waals surface area contributed by atoms with Crippen LogP contribution in [0.3, 0.4) is 0 Å². The normalized spacial score (nSPS) is 14.8. The number of carbonyl (C=O) groups excluding carboxylic acids is 1. The summed E-state index contributed by atoms with van der Waals surface area (Å²) < 4.78 is 25.2. The topological polar surface area (TPSA) is 91.2 Å². The van der Waals surface area contributed by atoms with E-state index in [1.54, 1.807) is 4.90 Å². The highest BCUT2D eigenvalue weighted by Gasteiger charge is 2.34. The number of aliphatic hydroxyl groups is 1. The van der Waals surface area contributed by atoms with Crippen LogP contribution in [0.2, 0.25) is 0 Å². The Labute approximate surface area is 140 Å². The van der Waals surface area contributed by atoms with Crippen molar-refractivity contribution < 1.29 is 18.7 Å². The molecule has 128 valence electrons. The van der Waals surface area contributed by atoms with Gasteiger partial charge in [0.1, 0.15) is 10.0 Å². The van der Waals surface area contributed by atoms with E-state index in [2.05, 4.69) is 20.5 Å². The standard InChI is InChI=1S/C14H15F2N5O2S/c15-12(16)9-1-8(2-17-4-9)3-18-14(23)21-5-10(6-21)13-20-19-11(7-22)24-13/h1-2,4,10,12,22H,3,5-7H2,(H,18,23). The molecule has 0 saturated carbocycles. The van der Waals surface area contributed by atoms with E-state index in [1.807, 2.05) is 0 Å². The van der Waals surface area contributed by atoms with Crippen molar-refractivity contribution in [1.29, 1.82) is 0 Å². The summed E-state index contributed by atoms with van der Waals surface area (Å²) in [6, 6.07) is 1.06. The van der Waals surface area contributed by atoms with Crippen molar-refractivity contribution in [3.05, 3.63) is 39.6 Å². The minimum absolute atomic E-state index is 0.123. The van der Waals surface area contributed by atoms with Gasteiger partial charge in [0.2, 0.25) is 0 Å². The first-order valence-electron chi connectivity index (χ1n) is 7.24. The van der Waals surface area contributed by atoms with Crippen LogP contribution in [0.1, 0.15) is 33.5 Å². The Morgan fingerprint density at radius 1 is 1.42 bits per heavy atom. The first kappa shape index (κ1) is 16.7. The summed E-state index contributed by atoms with van der Waals surface area (Å²) in [5.74, 6) is 0.123. The van der Waals surface area contributed by atoms with Gasteiger partial charge in [-0.15, -0.1) is 10.2 Å². The molecule has 0 bridgehead atoms. The minimum atomic E-state index is -2.58. The third-order valence-electron chi connectivity index (χ3n) is 3.65. The summed E-state index contributed by atoms with van der Waals surface area (Å²) in [6.07, 6.45) is -0.0263. The van der Waals surface area contributed by atoms with Crippen molar-refractivity contribution in [3.8, 4) is 0 Å². The smallest absolute Gasteiger partial charge is 0.317 e. The van der Waals surface area contributed by atoms with E-state index < -0.39 is 6.43 Å². The molecule has 1 fully saturated rings. The van der Waals surface area contributed by atoms with Gasteiger partial charge in [-0.05, 0) is 11.6 Å². The number of rotatable bonds is 5. The highest BCUT2D eigenvalue weighted by Crippen LogP contribution is 2.29. The summed E-state index contributed by atoms with van der Waals surface area (Å²) in [7, 11) is 0. The molecule has 10 heteroatoms. The molecule has 24 heavy (non-hydrogen) atoms. The van der Waals surface area contributed by atoms with Crippen LogP contribution in [0, 0.1) is 0 Å². The molecule has 0 atom stereocenters. The summed E-state index contributed by atoms with van der Waals surface area (Å²) in [4.78, 5) is 17.4. The highest BCUT2D eigenvalue weighted by atomic mass is 32.1. The van der Waals surface area contributed by atoms with Gasteiger partial charge < -0.3 is 15.3 Å².